The van der Waals surface area contributed by atoms with E-state index in [9.17, 15) is 4.79 Å². The van der Waals surface area contributed by atoms with Crippen molar-refractivity contribution in [3.8, 4) is 16.6 Å². The summed E-state index contributed by atoms with van der Waals surface area (Å²) in [6, 6.07) is 12.0. The van der Waals surface area contributed by atoms with Crippen LogP contribution in [0.25, 0.3) is 16.3 Å². The van der Waals surface area contributed by atoms with Gasteiger partial charge in [0.15, 0.2) is 4.88 Å². The average molecular weight is 470 g/mol. The maximum absolute atomic E-state index is 12.1. The van der Waals surface area contributed by atoms with Crippen LogP contribution in [0.3, 0.4) is 0 Å². The highest BCUT2D eigenvalue weighted by Gasteiger charge is 2.23. The monoisotopic (exact) mass is 469 g/mol. The number of carbonyl (C=O) groups is 1. The van der Waals surface area contributed by atoms with Crippen molar-refractivity contribution in [1.82, 2.24) is 19.7 Å². The zero-order valence-electron chi connectivity index (χ0n) is 18.0. The number of hydrogen-bond donors (Lipinski definition) is 2. The number of benzene rings is 1. The van der Waals surface area contributed by atoms with Crippen LogP contribution >= 0.6 is 22.9 Å². The Morgan fingerprint density at radius 2 is 2.09 bits per heavy atom. The van der Waals surface area contributed by atoms with Crippen LogP contribution in [0.4, 0.5) is 0 Å². The lowest BCUT2D eigenvalue weighted by molar-refractivity contribution is 0.0997. The summed E-state index contributed by atoms with van der Waals surface area (Å²) in [5.74, 6) is -0.400. The maximum atomic E-state index is 12.1. The molecule has 0 aliphatic carbocycles. The van der Waals surface area contributed by atoms with Crippen LogP contribution in [-0.4, -0.2) is 26.3 Å². The molecule has 7 nitrogen and oxygen atoms in total. The van der Waals surface area contributed by atoms with Crippen molar-refractivity contribution in [3.05, 3.63) is 69.8 Å². The Balaban J connectivity index is 1.61. The van der Waals surface area contributed by atoms with E-state index in [4.69, 9.17) is 22.1 Å². The molecule has 9 heteroatoms. The fourth-order valence-electron chi connectivity index (χ4n) is 3.31. The normalized spacial score (nSPS) is 12.4. The molecule has 1 atom stereocenters. The summed E-state index contributed by atoms with van der Waals surface area (Å²) in [5, 5.41) is 4.56. The Labute approximate surface area is 195 Å². The summed E-state index contributed by atoms with van der Waals surface area (Å²) >= 11 is 7.71. The predicted molar refractivity (Wildman–Crippen MR) is 127 cm³/mol. The SMILES string of the molecule is CC(C)NCc1ccc(C(C)Oc2nc(-c3cnc4ccccn34)sc2C(N)=O)c(Cl)c1. The van der Waals surface area contributed by atoms with E-state index in [1.54, 1.807) is 6.20 Å². The molecule has 0 bridgehead atoms. The van der Waals surface area contributed by atoms with E-state index in [2.05, 4.69) is 29.1 Å². The number of hydrogen-bond acceptors (Lipinski definition) is 6. The number of nitrogens with two attached hydrogens (primary N) is 1. The summed E-state index contributed by atoms with van der Waals surface area (Å²) < 4.78 is 7.97. The molecule has 32 heavy (non-hydrogen) atoms. The molecule has 3 N–H and O–H groups in total. The van der Waals surface area contributed by atoms with Crippen molar-refractivity contribution in [3.63, 3.8) is 0 Å². The zero-order chi connectivity index (χ0) is 22.8. The molecule has 3 heterocycles. The smallest absolute Gasteiger partial charge is 0.264 e. The molecular formula is C23H24ClN5O2S. The van der Waals surface area contributed by atoms with Gasteiger partial charge in [-0.3, -0.25) is 9.20 Å². The third-order valence-corrected chi connectivity index (χ3v) is 6.36. The molecule has 166 valence electrons. The van der Waals surface area contributed by atoms with Crippen LogP contribution in [0.15, 0.2) is 48.8 Å². The van der Waals surface area contributed by atoms with Gasteiger partial charge in [0.1, 0.15) is 22.5 Å². The number of halogens is 1. The Bertz CT molecular complexity index is 1270. The van der Waals surface area contributed by atoms with Gasteiger partial charge in [-0.2, -0.15) is 4.98 Å². The van der Waals surface area contributed by atoms with E-state index in [0.717, 1.165) is 29.0 Å². The van der Waals surface area contributed by atoms with Crippen LogP contribution in [0.2, 0.25) is 5.02 Å². The number of primary amides is 1. The molecular weight excluding hydrogens is 446 g/mol. The molecule has 3 aromatic heterocycles. The summed E-state index contributed by atoms with van der Waals surface area (Å²) in [6.07, 6.45) is 3.18. The van der Waals surface area contributed by atoms with Gasteiger partial charge in [-0.1, -0.05) is 43.6 Å². The molecule has 0 fully saturated rings. The van der Waals surface area contributed by atoms with E-state index in [-0.39, 0.29) is 10.8 Å². The molecule has 1 aromatic carbocycles. The van der Waals surface area contributed by atoms with Crippen molar-refractivity contribution in [2.75, 3.05) is 0 Å². The second kappa shape index (κ2) is 9.28. The lowest BCUT2D eigenvalue weighted by atomic mass is 10.1. The number of thiazole rings is 1. The lowest BCUT2D eigenvalue weighted by Crippen LogP contribution is -2.21. The van der Waals surface area contributed by atoms with Crippen molar-refractivity contribution in [1.29, 1.82) is 0 Å². The highest BCUT2D eigenvalue weighted by atomic mass is 35.5. The van der Waals surface area contributed by atoms with Gasteiger partial charge in [0.25, 0.3) is 5.91 Å². The Morgan fingerprint density at radius 1 is 1.28 bits per heavy atom. The van der Waals surface area contributed by atoms with Crippen LogP contribution in [0, 0.1) is 0 Å². The lowest BCUT2D eigenvalue weighted by Gasteiger charge is -2.16. The van der Waals surface area contributed by atoms with Crippen molar-refractivity contribution < 1.29 is 9.53 Å². The minimum absolute atomic E-state index is 0.192. The zero-order valence-corrected chi connectivity index (χ0v) is 19.6. The van der Waals surface area contributed by atoms with E-state index >= 15 is 0 Å². The summed E-state index contributed by atoms with van der Waals surface area (Å²) in [6.45, 7) is 6.78. The largest absolute Gasteiger partial charge is 0.469 e. The molecule has 0 saturated carbocycles. The highest BCUT2D eigenvalue weighted by Crippen LogP contribution is 2.36. The Hall–Kier alpha value is -2.94. The molecule has 4 rings (SSSR count). The number of carbonyl (C=O) groups excluding carboxylic acids is 1. The van der Waals surface area contributed by atoms with Crippen LogP contribution in [-0.2, 0) is 6.54 Å². The number of imidazole rings is 1. The second-order valence-corrected chi connectivity index (χ2v) is 9.15. The predicted octanol–water partition coefficient (Wildman–Crippen LogP) is 4.85. The molecule has 1 unspecified atom stereocenters. The molecule has 0 aliphatic rings. The highest BCUT2D eigenvalue weighted by molar-refractivity contribution is 7.17. The van der Waals surface area contributed by atoms with Crippen LogP contribution in [0.1, 0.15) is 47.7 Å². The topological polar surface area (TPSA) is 94.5 Å². The summed E-state index contributed by atoms with van der Waals surface area (Å²) in [7, 11) is 0. The molecule has 1 amide bonds. The second-order valence-electron chi connectivity index (χ2n) is 7.74. The first kappa shape index (κ1) is 22.3. The minimum atomic E-state index is -0.592. The third kappa shape index (κ3) is 4.62. The van der Waals surface area contributed by atoms with Gasteiger partial charge >= 0.3 is 0 Å². The summed E-state index contributed by atoms with van der Waals surface area (Å²) in [4.78, 5) is 21.3. The van der Waals surface area contributed by atoms with Gasteiger partial charge in [-0.25, -0.2) is 4.98 Å². The number of ether oxygens (including phenoxy) is 1. The first-order chi connectivity index (χ1) is 15.3. The fourth-order valence-corrected chi connectivity index (χ4v) is 4.52. The number of nitrogens with one attached hydrogen (secondary N) is 1. The summed E-state index contributed by atoms with van der Waals surface area (Å²) in [5.41, 5.74) is 9.05. The molecule has 0 aliphatic heterocycles. The van der Waals surface area contributed by atoms with Crippen molar-refractivity contribution in [2.45, 2.75) is 39.5 Å². The maximum Gasteiger partial charge on any atom is 0.264 e. The van der Waals surface area contributed by atoms with E-state index in [1.165, 1.54) is 11.3 Å². The number of nitrogens with zero attached hydrogens (tertiary/aromatic N) is 3. The van der Waals surface area contributed by atoms with Crippen molar-refractivity contribution >= 4 is 34.5 Å². The molecule has 0 saturated heterocycles. The van der Waals surface area contributed by atoms with E-state index in [0.29, 0.717) is 16.1 Å². The van der Waals surface area contributed by atoms with E-state index in [1.807, 2.05) is 53.9 Å². The van der Waals surface area contributed by atoms with Gasteiger partial charge in [-0.05, 0) is 30.7 Å². The van der Waals surface area contributed by atoms with Gasteiger partial charge in [0.05, 0.1) is 6.20 Å². The average Bonchev–Trinajstić information content (AvgIpc) is 3.36. The number of amides is 1. The molecule has 0 spiro atoms. The number of fused-ring (bicyclic) bond motifs is 1. The fraction of sp³-hybridized carbons (Fsp3) is 0.261. The standard InChI is InChI=1S/C23H24ClN5O2S/c1-13(2)26-11-15-7-8-16(17(24)10-15)14(3)31-22-20(21(25)30)32-23(28-22)18-12-27-19-6-4-5-9-29(18)19/h4-10,12-14,26H,11H2,1-3H3,(H2,25,30). The first-order valence-corrected chi connectivity index (χ1v) is 11.4. The Morgan fingerprint density at radius 3 is 2.81 bits per heavy atom. The number of aromatic nitrogens is 3. The van der Waals surface area contributed by atoms with Crippen LogP contribution < -0.4 is 15.8 Å². The van der Waals surface area contributed by atoms with Gasteiger partial charge in [-0.15, -0.1) is 11.3 Å². The third-order valence-electron chi connectivity index (χ3n) is 4.96. The molecule has 0 radical (unpaired) electrons. The minimum Gasteiger partial charge on any atom is -0.469 e. The number of pyridine rings is 1. The molecule has 4 aromatic rings. The van der Waals surface area contributed by atoms with Gasteiger partial charge in [0.2, 0.25) is 5.88 Å². The van der Waals surface area contributed by atoms with Gasteiger partial charge in [0, 0.05) is 29.4 Å². The first-order valence-electron chi connectivity index (χ1n) is 10.2. The van der Waals surface area contributed by atoms with Crippen molar-refractivity contribution in [2.24, 2.45) is 5.73 Å². The van der Waals surface area contributed by atoms with E-state index < -0.39 is 12.0 Å². The number of rotatable bonds is 8. The van der Waals surface area contributed by atoms with Gasteiger partial charge < -0.3 is 15.8 Å². The Kier molecular flexibility index (Phi) is 6.45. The quantitative estimate of drug-likeness (QED) is 0.384. The van der Waals surface area contributed by atoms with Crippen LogP contribution in [0.5, 0.6) is 5.88 Å².